The number of aryl methyl sites for hydroxylation is 6. The molecule has 3 aromatic heterocycles. The second-order valence-electron chi connectivity index (χ2n) is 23.3. The van der Waals surface area contributed by atoms with Gasteiger partial charge in [-0.05, 0) is 115 Å². The summed E-state index contributed by atoms with van der Waals surface area (Å²) in [4.78, 5) is 125. The Morgan fingerprint density at radius 3 is 1.31 bits per heavy atom. The van der Waals surface area contributed by atoms with Gasteiger partial charge in [0.05, 0.1) is 54.2 Å². The maximum atomic E-state index is 13.1. The van der Waals surface area contributed by atoms with Gasteiger partial charge in [-0.15, -0.1) is 41.0 Å². The van der Waals surface area contributed by atoms with E-state index in [0.717, 1.165) is 81.7 Å². The molecule has 8 rings (SSSR count). The van der Waals surface area contributed by atoms with E-state index in [0.29, 0.717) is 69.4 Å². The molecule has 100 heavy (non-hydrogen) atoms. The third-order valence-electron chi connectivity index (χ3n) is 15.7. The first-order valence-electron chi connectivity index (χ1n) is 31.9. The molecule has 0 radical (unpaired) electrons. The normalized spacial score (nSPS) is 16.4. The molecule has 0 amide bonds. The first-order valence-corrected chi connectivity index (χ1v) is 41.5. The standard InChI is InChI=1S/C24H28N2O4S.C15H16N2O6S.C13H14N2O4S.C11H15.3C2H4O2.Na.Pb/c1-4-17-10-15(3)11-18(5-2)23(17)24-20(27)12-16(13-21(24)28)8-9-31-22-7-6-19(14-25-22)26(29)30;1-23-15(20)14-9(6-11(18)7-12(14)19)4-5-24-13-3-2-10(8-16-13)17(21)22;16-11-5-9(6-12(17)7-11)3-4-20-13-2-1-10(8-14-13)15(18)19;1-4-10-6-9(3)7-11(5-2)8-10;3*1-2(3)4;;/h6-7,10-11,14,16,27H,4-5,8-9,12-13H2,1-3H3;2-3,7-9,14,19H,4-6H2,1H3;1-2,7-9,16H,3-6H2;6-7H,4-5H2,1-3H3;3*1H3,(H,3,4);;/q;;;;;;;+1;+3/p-4. The second-order valence-corrected chi connectivity index (χ2v) is 35.3. The SMILES string of the molecule is CCc1cc(C)cc(CC)[c]1[Pb]([O]C(C)=O)([O]C(C)=O)[O]C(C)=O.CCc1cc(C)cc(CC)c1C1=C(O)CC(CCSc2ccc([N+](=O)[O-])cn2)CC1=O.COC(=O)C1C([O-])=CC(=O)CC1CCSc1ccc([N+](=O)[O-])cn1.O=C1C=C(O)CC(CCSc2ccc([N+](=O)[O-])cn2)C1.[Na+]. The van der Waals surface area contributed by atoms with Crippen LogP contribution in [-0.4, -0.2) is 128 Å². The number of Topliss-reactive ketones (excluding diaryl/α,β-unsaturated/α-hetero) is 1. The number of ether oxygens (including phenoxy) is 1. The molecule has 4 unspecified atom stereocenters. The monoisotopic (exact) mass is 1640 g/mol. The van der Waals surface area contributed by atoms with Gasteiger partial charge in [-0.25, -0.2) is 15.0 Å². The number of aliphatic hydroxyl groups is 2. The fraction of sp³-hybridized carbons (Fsp3) is 0.420. The molecule has 3 heterocycles. The molecule has 0 saturated carbocycles. The maximum Gasteiger partial charge on any atom is 1.00 e. The third-order valence-corrected chi connectivity index (χ3v) is 30.0. The van der Waals surface area contributed by atoms with Gasteiger partial charge < -0.3 is 20.1 Å². The second kappa shape index (κ2) is 41.5. The summed E-state index contributed by atoms with van der Waals surface area (Å²) in [6, 6.07) is 17.1. The van der Waals surface area contributed by atoms with E-state index in [4.69, 9.17) is 8.06 Å². The molecule has 530 valence electrons. The number of carbonyl (C=O) groups excluding carboxylic acids is 7. The largest absolute Gasteiger partial charge is 1.00 e. The van der Waals surface area contributed by atoms with Gasteiger partial charge in [0.1, 0.15) is 24.3 Å². The summed E-state index contributed by atoms with van der Waals surface area (Å²) >= 11 is -0.837. The van der Waals surface area contributed by atoms with Crippen LogP contribution in [0.5, 0.6) is 0 Å². The summed E-state index contributed by atoms with van der Waals surface area (Å²) in [6.07, 6.45) is 12.9. The summed E-state index contributed by atoms with van der Waals surface area (Å²) in [7, 11) is 1.21. The van der Waals surface area contributed by atoms with Crippen LogP contribution in [-0.2, 0) is 72.0 Å². The van der Waals surface area contributed by atoms with Gasteiger partial charge in [0.2, 0.25) is 0 Å². The van der Waals surface area contributed by atoms with Crippen molar-refractivity contribution in [3.63, 3.8) is 0 Å². The maximum absolute atomic E-state index is 13.1. The number of aliphatic hydroxyl groups excluding tert-OH is 2. The van der Waals surface area contributed by atoms with Crippen LogP contribution in [0.1, 0.15) is 139 Å². The van der Waals surface area contributed by atoms with Crippen LogP contribution in [0.25, 0.3) is 5.57 Å². The van der Waals surface area contributed by atoms with Crippen LogP contribution in [0.4, 0.5) is 17.1 Å². The average molecular weight is 1640 g/mol. The molecule has 3 aliphatic rings. The predicted molar refractivity (Wildman–Crippen MR) is 372 cm³/mol. The number of thioether (sulfide) groups is 3. The molecule has 2 N–H and O–H groups in total. The van der Waals surface area contributed by atoms with Gasteiger partial charge in [-0.1, -0.05) is 31.5 Å². The predicted octanol–water partition coefficient (Wildman–Crippen LogP) is 8.80. The summed E-state index contributed by atoms with van der Waals surface area (Å²) in [5, 5.41) is 66.0. The number of hydrogen-bond acceptors (Lipinski definition) is 26. The minimum absolute atomic E-state index is 0. The van der Waals surface area contributed by atoms with Crippen molar-refractivity contribution in [3.8, 4) is 0 Å². The number of carbonyl (C=O) groups is 7. The Labute approximate surface area is 621 Å². The van der Waals surface area contributed by atoms with Crippen molar-refractivity contribution in [3.05, 3.63) is 178 Å². The number of aromatic nitrogens is 3. The molecule has 0 aliphatic heterocycles. The number of pyridine rings is 3. The number of nitrogens with zero attached hydrogens (tertiary/aromatic N) is 6. The Bertz CT molecular complexity index is 3780. The Morgan fingerprint density at radius 2 is 0.960 bits per heavy atom. The first kappa shape index (κ1) is 85.0. The van der Waals surface area contributed by atoms with Gasteiger partial charge in [0.25, 0.3) is 17.1 Å². The molecule has 26 nitrogen and oxygen atoms in total. The molecule has 3 aliphatic carbocycles. The van der Waals surface area contributed by atoms with E-state index in [2.05, 4.69) is 52.6 Å². The molecular formula is C69H81N6NaO20PbS3. The average Bonchev–Trinajstić information content (AvgIpc) is 0.773. The number of nitro groups is 3. The smallest absolute Gasteiger partial charge is 0.875 e. The van der Waals surface area contributed by atoms with Crippen molar-refractivity contribution in [2.45, 2.75) is 154 Å². The van der Waals surface area contributed by atoms with Gasteiger partial charge in [-0.3, -0.25) is 49.5 Å². The van der Waals surface area contributed by atoms with E-state index in [1.165, 1.54) is 118 Å². The van der Waals surface area contributed by atoms with Crippen LogP contribution in [0.15, 0.2) is 124 Å². The Kier molecular flexibility index (Phi) is 35.3. The zero-order chi connectivity index (χ0) is 73.3. The molecule has 31 heteroatoms. The Morgan fingerprint density at radius 1 is 0.570 bits per heavy atom. The quantitative estimate of drug-likeness (QED) is 0.0181. The topological polar surface area (TPSA) is 388 Å². The van der Waals surface area contributed by atoms with Gasteiger partial charge in [0.15, 0.2) is 17.3 Å². The van der Waals surface area contributed by atoms with E-state index in [-0.39, 0.29) is 93.7 Å². The van der Waals surface area contributed by atoms with E-state index in [9.17, 15) is 79.2 Å². The van der Waals surface area contributed by atoms with E-state index in [1.807, 2.05) is 32.9 Å². The van der Waals surface area contributed by atoms with Crippen LogP contribution in [0, 0.1) is 67.9 Å². The number of methoxy groups -OCH3 is 1. The molecule has 2 aromatic carbocycles. The zero-order valence-corrected chi connectivity index (χ0v) is 66.1. The number of esters is 1. The van der Waals surface area contributed by atoms with Crippen LogP contribution >= 0.6 is 35.3 Å². The first-order chi connectivity index (χ1) is 46.9. The van der Waals surface area contributed by atoms with Crippen molar-refractivity contribution in [1.82, 2.24) is 15.0 Å². The molecule has 0 bridgehead atoms. The van der Waals surface area contributed by atoms with Gasteiger partial charge >= 0.3 is 185 Å². The number of rotatable bonds is 25. The van der Waals surface area contributed by atoms with Crippen molar-refractivity contribution in [2.75, 3.05) is 24.4 Å². The van der Waals surface area contributed by atoms with Crippen molar-refractivity contribution in [1.29, 1.82) is 0 Å². The molecule has 0 fully saturated rings. The molecule has 5 aromatic rings. The minimum Gasteiger partial charge on any atom is -0.875 e. The summed E-state index contributed by atoms with van der Waals surface area (Å²) < 4.78 is 21.7. The van der Waals surface area contributed by atoms with Crippen LogP contribution < -0.4 is 37.8 Å². The van der Waals surface area contributed by atoms with E-state index in [1.54, 1.807) is 12.1 Å². The molecular weight excluding hydrogens is 1560 g/mol. The van der Waals surface area contributed by atoms with E-state index >= 15 is 0 Å². The number of benzene rings is 2. The van der Waals surface area contributed by atoms with Crippen molar-refractivity contribution < 1.29 is 106 Å². The minimum atomic E-state index is -5.17. The molecule has 0 saturated heterocycles. The number of hydrogen-bond donors (Lipinski definition) is 2. The van der Waals surface area contributed by atoms with Crippen LogP contribution in [0.3, 0.4) is 0 Å². The summed E-state index contributed by atoms with van der Waals surface area (Å²) in [5.41, 5.74) is 7.49. The molecule has 0 spiro atoms. The Hall–Kier alpha value is -7.43. The summed E-state index contributed by atoms with van der Waals surface area (Å²) in [5.74, 6) is -2.09. The number of allylic oxidation sites excluding steroid dienone is 5. The number of ketones is 3. The summed E-state index contributed by atoms with van der Waals surface area (Å²) in [6.45, 7) is 15.7. The Balaban J connectivity index is 0.000000285. The van der Waals surface area contributed by atoms with Gasteiger partial charge in [0, 0.05) is 56.4 Å². The van der Waals surface area contributed by atoms with E-state index < -0.39 is 78.8 Å². The van der Waals surface area contributed by atoms with Crippen molar-refractivity contribution >= 4 is 125 Å². The fourth-order valence-corrected chi connectivity index (χ4v) is 25.3. The molecule has 4 atom stereocenters. The van der Waals surface area contributed by atoms with Gasteiger partial charge in [-0.2, -0.15) is 0 Å². The van der Waals surface area contributed by atoms with Crippen LogP contribution in [0.2, 0.25) is 0 Å². The third kappa shape index (κ3) is 25.9. The van der Waals surface area contributed by atoms with Crippen molar-refractivity contribution in [2.24, 2.45) is 23.7 Å². The fourth-order valence-electron chi connectivity index (χ4n) is 11.4. The zero-order valence-electron chi connectivity index (χ0n) is 57.7.